The van der Waals surface area contributed by atoms with Gasteiger partial charge < -0.3 is 14.4 Å². The Morgan fingerprint density at radius 3 is 2.49 bits per heavy atom. The van der Waals surface area contributed by atoms with Crippen LogP contribution in [0.5, 0.6) is 11.5 Å². The largest absolute Gasteiger partial charge is 0.493 e. The van der Waals surface area contributed by atoms with Crippen molar-refractivity contribution < 1.29 is 14.3 Å². The Labute approximate surface area is 225 Å². The average molecular weight is 519 g/mol. The summed E-state index contributed by atoms with van der Waals surface area (Å²) in [4.78, 5) is 32.9. The Morgan fingerprint density at radius 1 is 0.949 bits per heavy atom. The number of pyridine rings is 1. The van der Waals surface area contributed by atoms with Gasteiger partial charge in [0.2, 0.25) is 5.91 Å². The number of ether oxygens (including phenoxy) is 2. The molecule has 0 N–H and O–H groups in total. The molecule has 3 aromatic carbocycles. The number of rotatable bonds is 5. The van der Waals surface area contributed by atoms with Crippen molar-refractivity contribution in [3.63, 3.8) is 0 Å². The molecular weight excluding hydrogens is 492 g/mol. The minimum Gasteiger partial charge on any atom is -0.493 e. The maximum absolute atomic E-state index is 13.6. The molecule has 0 bridgehead atoms. The molecule has 0 radical (unpaired) electrons. The van der Waals surface area contributed by atoms with Crippen LogP contribution in [-0.2, 0) is 17.9 Å². The molecule has 0 spiro atoms. The van der Waals surface area contributed by atoms with Gasteiger partial charge in [-0.3, -0.25) is 14.6 Å². The summed E-state index contributed by atoms with van der Waals surface area (Å²) in [7, 11) is 1.60. The van der Waals surface area contributed by atoms with Crippen molar-refractivity contribution in [2.75, 3.05) is 20.3 Å². The van der Waals surface area contributed by atoms with Crippen LogP contribution >= 0.6 is 0 Å². The molecule has 0 saturated heterocycles. The lowest BCUT2D eigenvalue weighted by Gasteiger charge is -2.21. The topological polar surface area (TPSA) is 86.6 Å². The number of nitrogens with zero attached hydrogens (tertiary/aromatic N) is 4. The zero-order valence-corrected chi connectivity index (χ0v) is 21.4. The van der Waals surface area contributed by atoms with Gasteiger partial charge in [-0.25, -0.2) is 4.68 Å². The van der Waals surface area contributed by atoms with Crippen molar-refractivity contribution in [1.29, 1.82) is 0 Å². The minimum absolute atomic E-state index is 0.182. The van der Waals surface area contributed by atoms with Crippen LogP contribution in [0.1, 0.15) is 5.56 Å². The molecule has 1 amide bonds. The number of hydrogen-bond acceptors (Lipinski definition) is 6. The number of carbonyl (C=O) groups excluding carboxylic acids is 1. The molecule has 1 aliphatic heterocycles. The maximum atomic E-state index is 13.6. The van der Waals surface area contributed by atoms with E-state index < -0.39 is 0 Å². The Bertz CT molecular complexity index is 1720. The van der Waals surface area contributed by atoms with Crippen LogP contribution in [-0.4, -0.2) is 45.8 Å². The number of aromatic nitrogens is 3. The summed E-state index contributed by atoms with van der Waals surface area (Å²) in [6, 6.07) is 24.8. The zero-order chi connectivity index (χ0) is 26.8. The second kappa shape index (κ2) is 10.4. The zero-order valence-electron chi connectivity index (χ0n) is 21.4. The molecule has 0 aliphatic carbocycles. The normalized spacial score (nSPS) is 12.9. The lowest BCUT2D eigenvalue weighted by Crippen LogP contribution is -2.38. The molecule has 0 unspecified atom stereocenters. The highest BCUT2D eigenvalue weighted by Crippen LogP contribution is 2.38. The fraction of sp³-hybridized carbons (Fsp3) is 0.161. The predicted octanol–water partition coefficient (Wildman–Crippen LogP) is 4.56. The third kappa shape index (κ3) is 4.72. The summed E-state index contributed by atoms with van der Waals surface area (Å²) in [5, 5.41) is 5.93. The molecule has 6 rings (SSSR count). The highest BCUT2D eigenvalue weighted by molar-refractivity contribution is 5.93. The number of fused-ring (bicyclic) bond motifs is 2. The third-order valence-corrected chi connectivity index (χ3v) is 6.87. The Morgan fingerprint density at radius 2 is 1.72 bits per heavy atom. The monoisotopic (exact) mass is 518 g/mol. The van der Waals surface area contributed by atoms with Crippen molar-refractivity contribution in [1.82, 2.24) is 19.7 Å². The summed E-state index contributed by atoms with van der Waals surface area (Å²) >= 11 is 0. The first-order valence-electron chi connectivity index (χ1n) is 12.7. The van der Waals surface area contributed by atoms with Gasteiger partial charge >= 0.3 is 0 Å². The van der Waals surface area contributed by atoms with E-state index in [4.69, 9.17) is 9.47 Å². The molecule has 0 saturated carbocycles. The molecule has 8 nitrogen and oxygen atoms in total. The van der Waals surface area contributed by atoms with Crippen LogP contribution in [0.4, 0.5) is 0 Å². The standard InChI is InChI=1S/C31H26N4O4/c1-38-27-17-23(22-10-7-13-32-18-22)16-24-19-34(14-15-39-30(24)27)28(36)20-35-31(37)26-12-6-5-11-25(26)29(33-35)21-8-3-2-4-9-21/h2-13,16-18H,14-15,19-20H2,1H3. The van der Waals surface area contributed by atoms with Crippen molar-refractivity contribution in [2.45, 2.75) is 13.1 Å². The van der Waals surface area contributed by atoms with Crippen LogP contribution in [0.25, 0.3) is 33.2 Å². The van der Waals surface area contributed by atoms with E-state index in [0.29, 0.717) is 42.3 Å². The van der Waals surface area contributed by atoms with Gasteiger partial charge in [0.05, 0.1) is 24.7 Å². The highest BCUT2D eigenvalue weighted by atomic mass is 16.5. The number of amides is 1. The molecule has 0 atom stereocenters. The lowest BCUT2D eigenvalue weighted by molar-refractivity contribution is -0.132. The number of carbonyl (C=O) groups is 1. The smallest absolute Gasteiger partial charge is 0.275 e. The molecule has 5 aromatic rings. The maximum Gasteiger partial charge on any atom is 0.275 e. The Hall–Kier alpha value is -4.98. The SMILES string of the molecule is COc1cc(-c2cccnc2)cc2c1OCCN(C(=O)Cn1nc(-c3ccccc3)c3ccccc3c1=O)C2. The van der Waals surface area contributed by atoms with Crippen molar-refractivity contribution in [3.05, 3.63) is 107 Å². The summed E-state index contributed by atoms with van der Waals surface area (Å²) < 4.78 is 12.9. The second-order valence-electron chi connectivity index (χ2n) is 9.30. The summed E-state index contributed by atoms with van der Waals surface area (Å²) in [5.74, 6) is 0.995. The molecular formula is C31H26N4O4. The quantitative estimate of drug-likeness (QED) is 0.339. The molecule has 3 heterocycles. The van der Waals surface area contributed by atoms with Crippen LogP contribution in [0.2, 0.25) is 0 Å². The van der Waals surface area contributed by atoms with Crippen molar-refractivity contribution in [2.24, 2.45) is 0 Å². The van der Waals surface area contributed by atoms with E-state index in [1.165, 1.54) is 4.68 Å². The van der Waals surface area contributed by atoms with Crippen LogP contribution in [0, 0.1) is 0 Å². The highest BCUT2D eigenvalue weighted by Gasteiger charge is 2.25. The van der Waals surface area contributed by atoms with E-state index >= 15 is 0 Å². The van der Waals surface area contributed by atoms with E-state index in [9.17, 15) is 9.59 Å². The van der Waals surface area contributed by atoms with E-state index in [0.717, 1.165) is 27.6 Å². The van der Waals surface area contributed by atoms with Gasteiger partial charge in [0.1, 0.15) is 13.2 Å². The Balaban J connectivity index is 1.34. The van der Waals surface area contributed by atoms with Gasteiger partial charge in [0.15, 0.2) is 11.5 Å². The molecule has 2 aromatic heterocycles. The van der Waals surface area contributed by atoms with E-state index in [1.807, 2.05) is 72.8 Å². The van der Waals surface area contributed by atoms with Crippen LogP contribution in [0.3, 0.4) is 0 Å². The van der Waals surface area contributed by atoms with Gasteiger partial charge in [-0.15, -0.1) is 0 Å². The van der Waals surface area contributed by atoms with Gasteiger partial charge in [-0.2, -0.15) is 5.10 Å². The predicted molar refractivity (Wildman–Crippen MR) is 149 cm³/mol. The molecule has 39 heavy (non-hydrogen) atoms. The van der Waals surface area contributed by atoms with Crippen LogP contribution in [0.15, 0.2) is 96.1 Å². The van der Waals surface area contributed by atoms with Gasteiger partial charge in [0.25, 0.3) is 5.56 Å². The molecule has 0 fully saturated rings. The molecule has 194 valence electrons. The van der Waals surface area contributed by atoms with Gasteiger partial charge in [-0.05, 0) is 29.8 Å². The van der Waals surface area contributed by atoms with Crippen LogP contribution < -0.4 is 15.0 Å². The lowest BCUT2D eigenvalue weighted by atomic mass is 10.0. The van der Waals surface area contributed by atoms with Crippen molar-refractivity contribution in [3.8, 4) is 33.9 Å². The average Bonchev–Trinajstić information content (AvgIpc) is 3.22. The summed E-state index contributed by atoms with van der Waals surface area (Å²) in [6.07, 6.45) is 3.50. The number of hydrogen-bond donors (Lipinski definition) is 0. The first kappa shape index (κ1) is 24.4. The first-order valence-corrected chi connectivity index (χ1v) is 12.7. The number of methoxy groups -OCH3 is 1. The van der Waals surface area contributed by atoms with E-state index in [1.54, 1.807) is 30.5 Å². The van der Waals surface area contributed by atoms with Crippen molar-refractivity contribution >= 4 is 16.7 Å². The second-order valence-corrected chi connectivity index (χ2v) is 9.30. The number of benzene rings is 3. The third-order valence-electron chi connectivity index (χ3n) is 6.87. The van der Waals surface area contributed by atoms with Gasteiger partial charge in [0, 0.05) is 41.0 Å². The Kier molecular flexibility index (Phi) is 6.50. The fourth-order valence-electron chi connectivity index (χ4n) is 4.93. The van der Waals surface area contributed by atoms with E-state index in [2.05, 4.69) is 10.1 Å². The van der Waals surface area contributed by atoms with Gasteiger partial charge in [-0.1, -0.05) is 54.6 Å². The van der Waals surface area contributed by atoms with E-state index in [-0.39, 0.29) is 18.0 Å². The first-order chi connectivity index (χ1) is 19.1. The minimum atomic E-state index is -0.300. The molecule has 8 heteroatoms. The summed E-state index contributed by atoms with van der Waals surface area (Å²) in [6.45, 7) is 0.800. The summed E-state index contributed by atoms with van der Waals surface area (Å²) in [5.41, 5.74) is 3.90. The molecule has 1 aliphatic rings. The fourth-order valence-corrected chi connectivity index (χ4v) is 4.93.